The van der Waals surface area contributed by atoms with Crippen LogP contribution in [-0.4, -0.2) is 69.0 Å². The number of hydrogen-bond acceptors (Lipinski definition) is 5. The Balaban J connectivity index is 1.77. The van der Waals surface area contributed by atoms with Crippen molar-refractivity contribution in [2.45, 2.75) is 43.9 Å². The van der Waals surface area contributed by atoms with Crippen molar-refractivity contribution in [1.29, 1.82) is 0 Å². The van der Waals surface area contributed by atoms with Crippen molar-refractivity contribution in [3.8, 4) is 0 Å². The summed E-state index contributed by atoms with van der Waals surface area (Å²) in [6.45, 7) is 3.38. The minimum Gasteiger partial charge on any atom is -0.381 e. The summed E-state index contributed by atoms with van der Waals surface area (Å²) in [7, 11) is 1.74. The topological polar surface area (TPSA) is 76.8 Å². The summed E-state index contributed by atoms with van der Waals surface area (Å²) in [6, 6.07) is 0.512. The highest BCUT2D eigenvalue weighted by Gasteiger charge is 2.29. The van der Waals surface area contributed by atoms with E-state index in [9.17, 15) is 4.79 Å². The maximum atomic E-state index is 12.1. The average molecular weight is 285 g/mol. The van der Waals surface area contributed by atoms with Crippen LogP contribution in [0.1, 0.15) is 25.7 Å². The SMILES string of the molecule is COC1CCN(CC(=O)NC2CCOCC2)C(CN)C1. The summed E-state index contributed by atoms with van der Waals surface area (Å²) < 4.78 is 10.7. The lowest BCUT2D eigenvalue weighted by Gasteiger charge is -2.38. The molecule has 0 aromatic carbocycles. The normalized spacial score (nSPS) is 29.3. The Hall–Kier alpha value is -0.690. The van der Waals surface area contributed by atoms with Gasteiger partial charge in [-0.2, -0.15) is 0 Å². The number of likely N-dealkylation sites (tertiary alicyclic amines) is 1. The monoisotopic (exact) mass is 285 g/mol. The zero-order chi connectivity index (χ0) is 14.4. The van der Waals surface area contributed by atoms with Gasteiger partial charge in [0.2, 0.25) is 5.91 Å². The maximum absolute atomic E-state index is 12.1. The summed E-state index contributed by atoms with van der Waals surface area (Å²) in [5, 5.41) is 3.10. The fraction of sp³-hybridized carbons (Fsp3) is 0.929. The van der Waals surface area contributed by atoms with E-state index in [-0.39, 0.29) is 24.1 Å². The van der Waals surface area contributed by atoms with Crippen LogP contribution in [0.25, 0.3) is 0 Å². The third-order valence-electron chi connectivity index (χ3n) is 4.33. The largest absolute Gasteiger partial charge is 0.381 e. The van der Waals surface area contributed by atoms with Gasteiger partial charge in [-0.15, -0.1) is 0 Å². The third-order valence-corrected chi connectivity index (χ3v) is 4.33. The van der Waals surface area contributed by atoms with Crippen LogP contribution in [0.15, 0.2) is 0 Å². The average Bonchev–Trinajstić information content (AvgIpc) is 2.48. The zero-order valence-electron chi connectivity index (χ0n) is 12.3. The van der Waals surface area contributed by atoms with Gasteiger partial charge in [0.05, 0.1) is 12.6 Å². The van der Waals surface area contributed by atoms with Gasteiger partial charge in [-0.3, -0.25) is 9.69 Å². The van der Waals surface area contributed by atoms with Crippen LogP contribution in [0, 0.1) is 0 Å². The van der Waals surface area contributed by atoms with Gasteiger partial charge >= 0.3 is 0 Å². The van der Waals surface area contributed by atoms with Crippen molar-refractivity contribution in [3.63, 3.8) is 0 Å². The molecule has 1 amide bonds. The van der Waals surface area contributed by atoms with Crippen LogP contribution in [-0.2, 0) is 14.3 Å². The van der Waals surface area contributed by atoms with Crippen molar-refractivity contribution in [2.75, 3.05) is 40.0 Å². The van der Waals surface area contributed by atoms with Crippen molar-refractivity contribution in [3.05, 3.63) is 0 Å². The molecule has 2 rings (SSSR count). The van der Waals surface area contributed by atoms with E-state index in [0.717, 1.165) is 45.4 Å². The van der Waals surface area contributed by atoms with Crippen LogP contribution < -0.4 is 11.1 Å². The van der Waals surface area contributed by atoms with Gasteiger partial charge in [-0.25, -0.2) is 0 Å². The van der Waals surface area contributed by atoms with Crippen molar-refractivity contribution in [1.82, 2.24) is 10.2 Å². The lowest BCUT2D eigenvalue weighted by atomic mass is 9.99. The first-order valence-electron chi connectivity index (χ1n) is 7.57. The molecule has 2 aliphatic rings. The fourth-order valence-corrected chi connectivity index (χ4v) is 3.03. The molecule has 0 radical (unpaired) electrons. The van der Waals surface area contributed by atoms with Gasteiger partial charge in [-0.1, -0.05) is 0 Å². The minimum atomic E-state index is 0.103. The maximum Gasteiger partial charge on any atom is 0.234 e. The van der Waals surface area contributed by atoms with Gasteiger partial charge in [0.25, 0.3) is 0 Å². The third kappa shape index (κ3) is 4.41. The molecule has 2 unspecified atom stereocenters. The molecule has 0 aromatic heterocycles. The molecular formula is C14H27N3O3. The lowest BCUT2D eigenvalue weighted by Crippen LogP contribution is -2.53. The Morgan fingerprint density at radius 1 is 1.40 bits per heavy atom. The Kier molecular flexibility index (Phi) is 6.22. The van der Waals surface area contributed by atoms with E-state index in [1.807, 2.05) is 0 Å². The molecule has 0 aliphatic carbocycles. The van der Waals surface area contributed by atoms with Crippen LogP contribution in [0.4, 0.5) is 0 Å². The Morgan fingerprint density at radius 3 is 2.80 bits per heavy atom. The number of ether oxygens (including phenoxy) is 2. The summed E-state index contributed by atoms with van der Waals surface area (Å²) in [4.78, 5) is 14.3. The Labute approximate surface area is 121 Å². The summed E-state index contributed by atoms with van der Waals surface area (Å²) in [6.07, 6.45) is 3.99. The van der Waals surface area contributed by atoms with Gasteiger partial charge in [0.1, 0.15) is 0 Å². The predicted octanol–water partition coefficient (Wildman–Crippen LogP) is -0.280. The standard InChI is InChI=1S/C14H27N3O3/c1-19-13-2-5-17(12(8-13)9-15)10-14(18)16-11-3-6-20-7-4-11/h11-13H,2-10,15H2,1H3,(H,16,18). The molecule has 0 bridgehead atoms. The number of carbonyl (C=O) groups is 1. The van der Waals surface area contributed by atoms with Gasteiger partial charge in [0.15, 0.2) is 0 Å². The minimum absolute atomic E-state index is 0.103. The van der Waals surface area contributed by atoms with Gasteiger partial charge in [0, 0.05) is 45.5 Å². The second kappa shape index (κ2) is 7.93. The molecule has 116 valence electrons. The molecule has 2 fully saturated rings. The highest BCUT2D eigenvalue weighted by Crippen LogP contribution is 2.18. The Bertz CT molecular complexity index is 308. The quantitative estimate of drug-likeness (QED) is 0.726. The second-order valence-electron chi connectivity index (χ2n) is 5.70. The van der Waals surface area contributed by atoms with Gasteiger partial charge < -0.3 is 20.5 Å². The highest BCUT2D eigenvalue weighted by molar-refractivity contribution is 5.78. The van der Waals surface area contributed by atoms with Gasteiger partial charge in [-0.05, 0) is 25.7 Å². The van der Waals surface area contributed by atoms with E-state index in [0.29, 0.717) is 13.1 Å². The highest BCUT2D eigenvalue weighted by atomic mass is 16.5. The molecule has 2 atom stereocenters. The molecule has 3 N–H and O–H groups in total. The van der Waals surface area contributed by atoms with Crippen molar-refractivity contribution >= 4 is 5.91 Å². The number of rotatable bonds is 5. The molecule has 0 saturated carbocycles. The first kappa shape index (κ1) is 15.7. The number of piperidine rings is 1. The van der Waals surface area contributed by atoms with Crippen LogP contribution in [0.5, 0.6) is 0 Å². The molecular weight excluding hydrogens is 258 g/mol. The van der Waals surface area contributed by atoms with E-state index < -0.39 is 0 Å². The molecule has 0 spiro atoms. The van der Waals surface area contributed by atoms with E-state index >= 15 is 0 Å². The van der Waals surface area contributed by atoms with E-state index in [4.69, 9.17) is 15.2 Å². The number of nitrogens with zero attached hydrogens (tertiary/aromatic N) is 1. The van der Waals surface area contributed by atoms with Crippen LogP contribution in [0.2, 0.25) is 0 Å². The van der Waals surface area contributed by atoms with Crippen molar-refractivity contribution in [2.24, 2.45) is 5.73 Å². The number of hydrogen-bond donors (Lipinski definition) is 2. The summed E-state index contributed by atoms with van der Waals surface area (Å²) >= 11 is 0. The molecule has 20 heavy (non-hydrogen) atoms. The number of methoxy groups -OCH3 is 1. The fourth-order valence-electron chi connectivity index (χ4n) is 3.03. The second-order valence-corrected chi connectivity index (χ2v) is 5.70. The number of amides is 1. The zero-order valence-corrected chi connectivity index (χ0v) is 12.3. The Morgan fingerprint density at radius 2 is 2.15 bits per heavy atom. The first-order chi connectivity index (χ1) is 9.72. The van der Waals surface area contributed by atoms with Crippen LogP contribution >= 0.6 is 0 Å². The number of nitrogens with two attached hydrogens (primary N) is 1. The molecule has 6 nitrogen and oxygen atoms in total. The van der Waals surface area contributed by atoms with Crippen LogP contribution in [0.3, 0.4) is 0 Å². The number of nitrogens with one attached hydrogen (secondary N) is 1. The van der Waals surface area contributed by atoms with E-state index in [1.54, 1.807) is 7.11 Å². The smallest absolute Gasteiger partial charge is 0.234 e. The molecule has 2 aliphatic heterocycles. The molecule has 2 saturated heterocycles. The van der Waals surface area contributed by atoms with E-state index in [1.165, 1.54) is 0 Å². The molecule has 6 heteroatoms. The molecule has 2 heterocycles. The van der Waals surface area contributed by atoms with E-state index in [2.05, 4.69) is 10.2 Å². The molecule has 0 aromatic rings. The summed E-state index contributed by atoms with van der Waals surface area (Å²) in [5.74, 6) is 0.103. The van der Waals surface area contributed by atoms with Crippen molar-refractivity contribution < 1.29 is 14.3 Å². The number of carbonyl (C=O) groups excluding carboxylic acids is 1. The lowest BCUT2D eigenvalue weighted by molar-refractivity contribution is -0.125. The first-order valence-corrected chi connectivity index (χ1v) is 7.57. The predicted molar refractivity (Wildman–Crippen MR) is 76.4 cm³/mol. The summed E-state index contributed by atoms with van der Waals surface area (Å²) in [5.41, 5.74) is 5.83.